The van der Waals surface area contributed by atoms with Crippen molar-refractivity contribution in [1.82, 2.24) is 15.3 Å². The van der Waals surface area contributed by atoms with Crippen molar-refractivity contribution in [2.24, 2.45) is 0 Å². The monoisotopic (exact) mass is 472 g/mol. The van der Waals surface area contributed by atoms with Gasteiger partial charge < -0.3 is 14.5 Å². The van der Waals surface area contributed by atoms with Gasteiger partial charge in [0.1, 0.15) is 18.9 Å². The molecular formula is C26H26N5O4+. The zero-order chi connectivity index (χ0) is 24.6. The highest BCUT2D eigenvalue weighted by Crippen LogP contribution is 2.22. The molecule has 0 aliphatic carbocycles. The van der Waals surface area contributed by atoms with Gasteiger partial charge in [0, 0.05) is 5.56 Å². The molecule has 3 N–H and O–H groups in total. The molecule has 0 spiro atoms. The van der Waals surface area contributed by atoms with E-state index in [1.165, 1.54) is 11.6 Å². The highest BCUT2D eigenvalue weighted by Gasteiger charge is 2.24. The number of rotatable bonds is 5. The molecule has 0 saturated carbocycles. The van der Waals surface area contributed by atoms with E-state index in [9.17, 15) is 9.59 Å². The van der Waals surface area contributed by atoms with Crippen molar-refractivity contribution in [3.05, 3.63) is 95.8 Å². The summed E-state index contributed by atoms with van der Waals surface area (Å²) in [7, 11) is 1.50. The summed E-state index contributed by atoms with van der Waals surface area (Å²) in [6.45, 7) is 2.07. The van der Waals surface area contributed by atoms with Gasteiger partial charge in [0.15, 0.2) is 0 Å². The highest BCUT2D eigenvalue weighted by atomic mass is 16.6. The van der Waals surface area contributed by atoms with Crippen LogP contribution >= 0.6 is 0 Å². The molecule has 9 nitrogen and oxygen atoms in total. The largest absolute Gasteiger partial charge is 0.478 e. The number of benzene rings is 3. The van der Waals surface area contributed by atoms with Crippen LogP contribution in [0, 0.1) is 6.92 Å². The van der Waals surface area contributed by atoms with Crippen molar-refractivity contribution in [2.75, 3.05) is 12.4 Å². The van der Waals surface area contributed by atoms with E-state index in [-0.39, 0.29) is 19.2 Å². The zero-order valence-corrected chi connectivity index (χ0v) is 19.4. The van der Waals surface area contributed by atoms with Crippen molar-refractivity contribution < 1.29 is 23.6 Å². The Morgan fingerprint density at radius 1 is 0.914 bits per heavy atom. The number of hydrogen-bond acceptors (Lipinski definition) is 5. The van der Waals surface area contributed by atoms with Crippen LogP contribution in [0.1, 0.15) is 16.7 Å². The van der Waals surface area contributed by atoms with Gasteiger partial charge in [0.05, 0.1) is 24.4 Å². The number of aromatic amines is 1. The first kappa shape index (κ1) is 23.5. The van der Waals surface area contributed by atoms with E-state index >= 15 is 0 Å². The third kappa shape index (κ3) is 6.02. The Morgan fingerprint density at radius 3 is 2.20 bits per heavy atom. The molecule has 1 aromatic heterocycles. The maximum atomic E-state index is 12.8. The third-order valence-corrected chi connectivity index (χ3v) is 5.35. The number of carbonyl (C=O) groups excluding carboxylic acids is 2. The predicted octanol–water partition coefficient (Wildman–Crippen LogP) is 4.54. The van der Waals surface area contributed by atoms with Crippen molar-refractivity contribution in [3.8, 4) is 0 Å². The Balaban J connectivity index is 1.53. The minimum atomic E-state index is -0.724. The van der Waals surface area contributed by atoms with Crippen LogP contribution in [0.3, 0.4) is 0 Å². The predicted molar refractivity (Wildman–Crippen MR) is 132 cm³/mol. The van der Waals surface area contributed by atoms with Crippen molar-refractivity contribution in [1.29, 1.82) is 0 Å². The van der Waals surface area contributed by atoms with Gasteiger partial charge in [-0.1, -0.05) is 60.7 Å². The molecule has 0 fully saturated rings. The second-order valence-electron chi connectivity index (χ2n) is 7.80. The molecule has 178 valence electrons. The summed E-state index contributed by atoms with van der Waals surface area (Å²) in [5.41, 5.74) is 4.83. The van der Waals surface area contributed by atoms with Crippen LogP contribution in [0.5, 0.6) is 0 Å². The molecule has 0 aliphatic rings. The average molecular weight is 473 g/mol. The minimum Gasteiger partial charge on any atom is -0.433 e. The summed E-state index contributed by atoms with van der Waals surface area (Å²) in [6, 6.07) is 22.3. The second kappa shape index (κ2) is 11.0. The van der Waals surface area contributed by atoms with Crippen LogP contribution in [0.15, 0.2) is 79.1 Å². The Morgan fingerprint density at radius 2 is 1.54 bits per heavy atom. The van der Waals surface area contributed by atoms with E-state index < -0.39 is 12.2 Å². The van der Waals surface area contributed by atoms with Crippen LogP contribution in [-0.4, -0.2) is 39.7 Å². The number of fused-ring (bicyclic) bond motifs is 1. The molecule has 0 radical (unpaired) electrons. The maximum absolute atomic E-state index is 12.8. The van der Waals surface area contributed by atoms with Gasteiger partial charge in [-0.2, -0.15) is 9.89 Å². The Hall–Kier alpha value is -4.66. The van der Waals surface area contributed by atoms with Gasteiger partial charge in [-0.25, -0.2) is 19.9 Å². The highest BCUT2D eigenvalue weighted by molar-refractivity contribution is 6.02. The number of aromatic nitrogens is 2. The Bertz CT molecular complexity index is 1350. The summed E-state index contributed by atoms with van der Waals surface area (Å²) in [6.07, 6.45) is 0.231. The molecule has 9 heteroatoms. The molecule has 0 bridgehead atoms. The third-order valence-electron chi connectivity index (χ3n) is 5.35. The average Bonchev–Trinajstić information content (AvgIpc) is 3.38. The van der Waals surface area contributed by atoms with E-state index in [2.05, 4.69) is 20.6 Å². The number of alkyl carbamates (subject to hydrolysis) is 1. The summed E-state index contributed by atoms with van der Waals surface area (Å²) < 4.78 is 11.9. The fourth-order valence-corrected chi connectivity index (χ4v) is 3.37. The number of aryl methyl sites for hydroxylation is 1. The van der Waals surface area contributed by atoms with Gasteiger partial charge in [-0.05, 0) is 30.2 Å². The quantitative estimate of drug-likeness (QED) is 0.224. The standard InChI is InChI=1S/C26H25N5O4/c1-18-21(13-14-22-23(18)28-17-27-22)29-24(30-25(32)34-15-19-9-5-3-6-10-19)31(2)26(33)35-16-20-11-7-4-8-12-20/h3-14,17H,15-16H2,1-2H3,(H2,27,28,29,30,32)/p+1. The number of guanidine groups is 1. The number of anilines is 1. The van der Waals surface area contributed by atoms with E-state index in [4.69, 9.17) is 9.47 Å². The van der Waals surface area contributed by atoms with Crippen LogP contribution < -0.4 is 10.6 Å². The summed E-state index contributed by atoms with van der Waals surface area (Å²) in [5, 5.41) is 5.74. The minimum absolute atomic E-state index is 0.0825. The lowest BCUT2D eigenvalue weighted by Crippen LogP contribution is -2.44. The second-order valence-corrected chi connectivity index (χ2v) is 7.80. The number of H-pyrrole nitrogens is 1. The molecule has 0 aliphatic heterocycles. The lowest BCUT2D eigenvalue weighted by molar-refractivity contribution is -0.417. The number of hydrogen-bond donors (Lipinski definition) is 3. The number of nitrogens with one attached hydrogen (secondary N) is 3. The first-order valence-corrected chi connectivity index (χ1v) is 11.0. The van der Waals surface area contributed by atoms with Gasteiger partial charge in [-0.3, -0.25) is 0 Å². The molecule has 4 rings (SSSR count). The normalized spacial score (nSPS) is 11.5. The fourth-order valence-electron chi connectivity index (χ4n) is 3.37. The number of nitrogens with zero attached hydrogens (tertiary/aromatic N) is 2. The van der Waals surface area contributed by atoms with Gasteiger partial charge >= 0.3 is 18.1 Å². The molecule has 1 heterocycles. The zero-order valence-electron chi connectivity index (χ0n) is 19.4. The topological polar surface area (TPSA) is 108 Å². The molecular weight excluding hydrogens is 446 g/mol. The number of amides is 2. The molecule has 2 amide bonds. The molecule has 0 saturated heterocycles. The lowest BCUT2D eigenvalue weighted by Gasteiger charge is -2.12. The molecule has 35 heavy (non-hydrogen) atoms. The lowest BCUT2D eigenvalue weighted by atomic mass is 10.1. The maximum Gasteiger partial charge on any atom is 0.478 e. The smallest absolute Gasteiger partial charge is 0.433 e. The Labute approximate surface area is 202 Å². The first-order chi connectivity index (χ1) is 17.0. The van der Waals surface area contributed by atoms with Gasteiger partial charge in [-0.15, -0.1) is 0 Å². The van der Waals surface area contributed by atoms with E-state index in [1.807, 2.05) is 79.7 Å². The molecule has 0 atom stereocenters. The fraction of sp³-hybridized carbons (Fsp3) is 0.154. The molecule has 4 aromatic rings. The van der Waals surface area contributed by atoms with E-state index in [0.29, 0.717) is 5.69 Å². The first-order valence-electron chi connectivity index (χ1n) is 11.0. The van der Waals surface area contributed by atoms with Crippen LogP contribution in [-0.2, 0) is 22.7 Å². The van der Waals surface area contributed by atoms with Crippen molar-refractivity contribution in [3.63, 3.8) is 0 Å². The number of ether oxygens (including phenoxy) is 2. The summed E-state index contributed by atoms with van der Waals surface area (Å²) >= 11 is 0. The van der Waals surface area contributed by atoms with Gasteiger partial charge in [0.25, 0.3) is 0 Å². The summed E-state index contributed by atoms with van der Waals surface area (Å²) in [5.74, 6) is 0.0825. The molecule has 0 unspecified atom stereocenters. The summed E-state index contributed by atoms with van der Waals surface area (Å²) in [4.78, 5) is 32.8. The van der Waals surface area contributed by atoms with E-state index in [0.717, 1.165) is 27.7 Å². The van der Waals surface area contributed by atoms with Crippen LogP contribution in [0.25, 0.3) is 11.0 Å². The SMILES string of the molecule is Cc1c(NC(NC(=O)OCc2ccccc2)=[N+](C)C(=O)OCc2ccccc2)ccc2[nH]cnc12. The van der Waals surface area contributed by atoms with Crippen molar-refractivity contribution >= 4 is 34.9 Å². The van der Waals surface area contributed by atoms with E-state index in [1.54, 1.807) is 6.33 Å². The van der Waals surface area contributed by atoms with Crippen molar-refractivity contribution in [2.45, 2.75) is 20.1 Å². The molecule has 3 aromatic carbocycles. The Kier molecular flexibility index (Phi) is 7.37. The van der Waals surface area contributed by atoms with Crippen LogP contribution in [0.4, 0.5) is 15.3 Å². The number of imidazole rings is 1. The number of carbonyl (C=O) groups is 2. The van der Waals surface area contributed by atoms with Gasteiger partial charge in [0.2, 0.25) is 0 Å². The van der Waals surface area contributed by atoms with Crippen LogP contribution in [0.2, 0.25) is 0 Å².